The summed E-state index contributed by atoms with van der Waals surface area (Å²) in [5.41, 5.74) is 16.0. The number of carbonyl (C=O) groups excluding carboxylic acids is 2. The topological polar surface area (TPSA) is 43.0 Å². The highest BCUT2D eigenvalue weighted by atomic mass is 16.1. The molecule has 374 valence electrons. The van der Waals surface area contributed by atoms with Crippen LogP contribution in [-0.4, -0.2) is 20.4 Å². The molecule has 9 aromatic rings. The van der Waals surface area contributed by atoms with Crippen LogP contribution in [0.15, 0.2) is 48.5 Å². The zero-order valence-corrected chi connectivity index (χ0v) is 47.1. The first-order valence-corrected chi connectivity index (χ1v) is 28.1. The van der Waals surface area contributed by atoms with Gasteiger partial charge in [-0.3, -0.25) is 9.59 Å². The molecular weight excluding hydrogens is 877 g/mol. The number of carbonyl (C=O) groups is 2. The molecule has 4 heteroatoms. The van der Waals surface area contributed by atoms with Crippen molar-refractivity contribution in [1.82, 2.24) is 8.80 Å². The van der Waals surface area contributed by atoms with Crippen LogP contribution in [0.25, 0.3) is 76.2 Å². The number of rotatable bonds is 2. The molecule has 2 fully saturated rings. The van der Waals surface area contributed by atoms with Gasteiger partial charge in [-0.15, -0.1) is 0 Å². The Kier molecular flexibility index (Phi) is 8.88. The maximum atomic E-state index is 15.4. The van der Waals surface area contributed by atoms with Crippen molar-refractivity contribution in [2.75, 3.05) is 0 Å². The minimum Gasteiger partial charge on any atom is -0.308 e. The Hall–Kier alpha value is -4.96. The Labute approximate surface area is 428 Å². The molecule has 0 atom stereocenters. The fourth-order valence-corrected chi connectivity index (χ4v) is 16.4. The Morgan fingerprint density at radius 1 is 0.389 bits per heavy atom. The van der Waals surface area contributed by atoms with Crippen molar-refractivity contribution < 1.29 is 9.59 Å². The molecule has 5 aromatic carbocycles. The van der Waals surface area contributed by atoms with E-state index < -0.39 is 0 Å². The fourth-order valence-electron chi connectivity index (χ4n) is 16.4. The van der Waals surface area contributed by atoms with Crippen molar-refractivity contribution in [1.29, 1.82) is 0 Å². The van der Waals surface area contributed by atoms with E-state index in [4.69, 9.17) is 0 Å². The summed E-state index contributed by atoms with van der Waals surface area (Å²) in [6.07, 6.45) is 8.06. The van der Waals surface area contributed by atoms with Crippen LogP contribution in [0.2, 0.25) is 0 Å². The van der Waals surface area contributed by atoms with Gasteiger partial charge in [0.2, 0.25) is 0 Å². The summed E-state index contributed by atoms with van der Waals surface area (Å²) in [4.78, 5) is 30.6. The number of benzene rings is 5. The maximum absolute atomic E-state index is 15.4. The van der Waals surface area contributed by atoms with Crippen molar-refractivity contribution >= 4 is 87.8 Å². The van der Waals surface area contributed by atoms with E-state index in [0.717, 1.165) is 73.5 Å². The van der Waals surface area contributed by atoms with Crippen molar-refractivity contribution in [2.45, 2.75) is 208 Å². The second-order valence-corrected chi connectivity index (χ2v) is 29.9. The molecule has 0 unspecified atom stereocenters. The quantitative estimate of drug-likeness (QED) is 0.173. The van der Waals surface area contributed by atoms with E-state index in [1.165, 1.54) is 98.5 Å². The molecule has 15 rings (SSSR count). The summed E-state index contributed by atoms with van der Waals surface area (Å²) >= 11 is 0. The molecular formula is C68H80N2O2. The summed E-state index contributed by atoms with van der Waals surface area (Å²) in [7, 11) is 0. The third kappa shape index (κ3) is 5.56. The predicted octanol–water partition coefficient (Wildman–Crippen LogP) is 18.5. The van der Waals surface area contributed by atoms with Gasteiger partial charge in [0.05, 0.1) is 33.1 Å². The lowest BCUT2D eigenvalue weighted by Gasteiger charge is -2.44. The number of Topliss-reactive ketones (excluding diaryl/α,β-unsaturated/α-hetero) is 2. The van der Waals surface area contributed by atoms with Gasteiger partial charge in [-0.1, -0.05) is 137 Å². The van der Waals surface area contributed by atoms with E-state index in [1.807, 2.05) is 0 Å². The molecule has 6 aliphatic carbocycles. The van der Waals surface area contributed by atoms with E-state index in [0.29, 0.717) is 17.5 Å². The van der Waals surface area contributed by atoms with Crippen LogP contribution in [-0.2, 0) is 32.5 Å². The molecule has 0 N–H and O–H groups in total. The number of aromatic nitrogens is 2. The van der Waals surface area contributed by atoms with Crippen molar-refractivity contribution in [3.63, 3.8) is 0 Å². The van der Waals surface area contributed by atoms with Crippen LogP contribution in [0.5, 0.6) is 0 Å². The van der Waals surface area contributed by atoms with Crippen molar-refractivity contribution in [3.05, 3.63) is 93.0 Å². The highest BCUT2D eigenvalue weighted by Crippen LogP contribution is 2.61. The van der Waals surface area contributed by atoms with E-state index in [1.54, 1.807) is 0 Å². The Balaban J connectivity index is 1.27. The summed E-state index contributed by atoms with van der Waals surface area (Å²) in [5.74, 6) is 1.42. The van der Waals surface area contributed by atoms with Crippen LogP contribution < -0.4 is 0 Å². The van der Waals surface area contributed by atoms with Crippen LogP contribution in [0.4, 0.5) is 0 Å². The Morgan fingerprint density at radius 2 is 0.708 bits per heavy atom. The molecule has 4 aromatic heterocycles. The number of hydrogen-bond acceptors (Lipinski definition) is 2. The molecule has 0 radical (unpaired) electrons. The maximum Gasteiger partial charge on any atom is 0.169 e. The van der Waals surface area contributed by atoms with Crippen LogP contribution >= 0.6 is 0 Å². The van der Waals surface area contributed by atoms with Gasteiger partial charge in [0.1, 0.15) is 0 Å². The molecule has 2 saturated carbocycles. The van der Waals surface area contributed by atoms with Gasteiger partial charge >= 0.3 is 0 Å². The first kappa shape index (κ1) is 46.8. The summed E-state index contributed by atoms with van der Waals surface area (Å²) in [5, 5.41) is 10.5. The van der Waals surface area contributed by atoms with Crippen LogP contribution in [0.1, 0.15) is 230 Å². The molecule has 72 heavy (non-hydrogen) atoms. The lowest BCUT2D eigenvalue weighted by Crippen LogP contribution is -2.39. The second-order valence-electron chi connectivity index (χ2n) is 29.9. The summed E-state index contributed by atoms with van der Waals surface area (Å²) in [6.45, 7) is 42.8. The lowest BCUT2D eigenvalue weighted by atomic mass is 9.60. The van der Waals surface area contributed by atoms with Gasteiger partial charge in [0.15, 0.2) is 11.6 Å². The molecule has 4 heterocycles. The average Bonchev–Trinajstić information content (AvgIpc) is 3.95. The second kappa shape index (κ2) is 13.7. The Bertz CT molecular complexity index is 3910. The standard InChI is InChI=1S/C68H80N2O2/c1-35(2)67-23-21-66(18,22-24-67)59(71)38-30-50-40(28-44(38)67)54-46(62(8,9)10)34-48(64(14,15)16)56-42-31-51-41(32-52(42)70(50)58(54)56)55-47(63(11,12)13)33-45(61(5,6)7)53-39-27-43-37(29-49(39)69(51)57(53)55)60(72)68(36(3)4)25-19-65(43,17)20-26-68/h27-36H,19-26H2,1-18H3. The van der Waals surface area contributed by atoms with Gasteiger partial charge in [-0.05, 0) is 165 Å². The first-order chi connectivity index (χ1) is 33.4. The lowest BCUT2D eigenvalue weighted by molar-refractivity contribution is 0.0543. The van der Waals surface area contributed by atoms with Gasteiger partial charge in [-0.25, -0.2) is 0 Å². The molecule has 0 amide bonds. The van der Waals surface area contributed by atoms with Crippen LogP contribution in [0, 0.1) is 22.7 Å². The number of fused-ring (bicyclic) bond motifs is 16. The van der Waals surface area contributed by atoms with Crippen molar-refractivity contribution in [2.24, 2.45) is 22.7 Å². The smallest absolute Gasteiger partial charge is 0.169 e. The monoisotopic (exact) mass is 957 g/mol. The average molecular weight is 957 g/mol. The third-order valence-corrected chi connectivity index (χ3v) is 21.1. The molecule has 0 aliphatic heterocycles. The zero-order valence-electron chi connectivity index (χ0n) is 47.1. The van der Waals surface area contributed by atoms with Gasteiger partial charge in [0.25, 0.3) is 0 Å². The summed E-state index contributed by atoms with van der Waals surface area (Å²) < 4.78 is 5.24. The molecule has 4 nitrogen and oxygen atoms in total. The highest BCUT2D eigenvalue weighted by Gasteiger charge is 2.54. The largest absolute Gasteiger partial charge is 0.308 e. The van der Waals surface area contributed by atoms with Crippen LogP contribution in [0.3, 0.4) is 0 Å². The first-order valence-electron chi connectivity index (χ1n) is 28.1. The minimum absolute atomic E-state index is 0.0254. The molecule has 0 saturated heterocycles. The minimum atomic E-state index is -0.339. The van der Waals surface area contributed by atoms with Gasteiger partial charge in [-0.2, -0.15) is 0 Å². The highest BCUT2D eigenvalue weighted by molar-refractivity contribution is 6.31. The molecule has 6 aliphatic rings. The van der Waals surface area contributed by atoms with Crippen molar-refractivity contribution in [3.8, 4) is 0 Å². The van der Waals surface area contributed by atoms with E-state index in [-0.39, 0.29) is 49.2 Å². The number of hydrogen-bond donors (Lipinski definition) is 0. The summed E-state index contributed by atoms with van der Waals surface area (Å²) in [6, 6.07) is 20.1. The molecule has 4 bridgehead atoms. The molecule has 0 spiro atoms. The van der Waals surface area contributed by atoms with E-state index >= 15 is 9.59 Å². The zero-order chi connectivity index (χ0) is 51.5. The number of nitrogens with zero attached hydrogens (tertiary/aromatic N) is 2. The van der Waals surface area contributed by atoms with Gasteiger partial charge < -0.3 is 8.80 Å². The Morgan fingerprint density at radius 3 is 1.08 bits per heavy atom. The van der Waals surface area contributed by atoms with E-state index in [9.17, 15) is 0 Å². The SMILES string of the molecule is CC(C)C12CCC(C)(CC1)c1cc3c4c(C(C)(C)C)cc(C(C)(C)C)c5c6cc7c(cc6n(c3cc1C2=O)c45)c1c(C(C)(C)C)cc(C(C)(C)C)c2c3cc4c(cc3n7c21)C(=O)C1(C)CCC4(C(C)C)CC1. The van der Waals surface area contributed by atoms with Gasteiger partial charge in [0, 0.05) is 65.0 Å². The van der Waals surface area contributed by atoms with E-state index in [2.05, 4.69) is 182 Å². The normalized spacial score (nSPS) is 25.4. The fraction of sp³-hybridized carbons (Fsp3) is 0.529. The number of ketones is 2. The predicted molar refractivity (Wildman–Crippen MR) is 305 cm³/mol. The third-order valence-electron chi connectivity index (χ3n) is 21.1.